The largest absolute Gasteiger partial charge is 0.495 e. The number of hydrogen-bond donors (Lipinski definition) is 4. The number of morpholine rings is 1. The number of nitrogens with one attached hydrogen (secondary N) is 4. The van der Waals surface area contributed by atoms with Crippen molar-refractivity contribution in [1.29, 1.82) is 0 Å². The lowest BCUT2D eigenvalue weighted by molar-refractivity contribution is -0.111. The van der Waals surface area contributed by atoms with E-state index in [9.17, 15) is 4.79 Å². The third-order valence-corrected chi connectivity index (χ3v) is 6.57. The Bertz CT molecular complexity index is 1310. The Hall–Kier alpha value is -3.66. The first kappa shape index (κ1) is 25.0. The van der Waals surface area contributed by atoms with E-state index in [1.807, 2.05) is 36.4 Å². The predicted octanol–water partition coefficient (Wildman–Crippen LogP) is 5.29. The van der Waals surface area contributed by atoms with E-state index < -0.39 is 0 Å². The molecule has 1 saturated carbocycles. The summed E-state index contributed by atoms with van der Waals surface area (Å²) >= 11 is 6.45. The van der Waals surface area contributed by atoms with E-state index in [0.29, 0.717) is 40.8 Å². The lowest BCUT2D eigenvalue weighted by atomic mass is 10.1. The summed E-state index contributed by atoms with van der Waals surface area (Å²) in [6.07, 6.45) is 5.00. The number of halogens is 1. The summed E-state index contributed by atoms with van der Waals surface area (Å²) in [4.78, 5) is 20.8. The van der Waals surface area contributed by atoms with Crippen LogP contribution < -0.4 is 26.0 Å². The zero-order valence-corrected chi connectivity index (χ0v) is 21.3. The van der Waals surface area contributed by atoms with Crippen LogP contribution in [0.5, 0.6) is 5.75 Å². The van der Waals surface area contributed by atoms with E-state index in [0.717, 1.165) is 48.4 Å². The molecule has 10 heteroatoms. The molecule has 2 aliphatic rings. The van der Waals surface area contributed by atoms with Crippen molar-refractivity contribution in [2.75, 3.05) is 42.8 Å². The minimum absolute atomic E-state index is 0.0252. The van der Waals surface area contributed by atoms with E-state index >= 15 is 0 Å². The smallest absolute Gasteiger partial charge is 0.247 e. The van der Waals surface area contributed by atoms with E-state index in [4.69, 9.17) is 21.1 Å². The van der Waals surface area contributed by atoms with E-state index in [2.05, 4.69) is 37.8 Å². The molecule has 37 heavy (non-hydrogen) atoms. The van der Waals surface area contributed by atoms with Gasteiger partial charge in [0.2, 0.25) is 11.9 Å². The molecular weight excluding hydrogens is 492 g/mol. The van der Waals surface area contributed by atoms with E-state index in [1.54, 1.807) is 13.3 Å². The Morgan fingerprint density at radius 1 is 1.22 bits per heavy atom. The molecular formula is C27H29ClN6O3. The molecule has 9 nitrogen and oxygen atoms in total. The van der Waals surface area contributed by atoms with Gasteiger partial charge in [0, 0.05) is 24.5 Å². The van der Waals surface area contributed by atoms with Crippen molar-refractivity contribution < 1.29 is 14.3 Å². The van der Waals surface area contributed by atoms with E-state index in [-0.39, 0.29) is 12.0 Å². The highest BCUT2D eigenvalue weighted by Crippen LogP contribution is 2.44. The van der Waals surface area contributed by atoms with Crippen molar-refractivity contribution in [1.82, 2.24) is 15.3 Å². The van der Waals surface area contributed by atoms with Gasteiger partial charge >= 0.3 is 0 Å². The molecule has 4 N–H and O–H groups in total. The first-order valence-electron chi connectivity index (χ1n) is 12.2. The second kappa shape index (κ2) is 11.2. The fourth-order valence-electron chi connectivity index (χ4n) is 4.24. The van der Waals surface area contributed by atoms with Gasteiger partial charge in [0.1, 0.15) is 10.8 Å². The predicted molar refractivity (Wildman–Crippen MR) is 145 cm³/mol. The number of nitrogens with zero attached hydrogens (tertiary/aromatic N) is 2. The van der Waals surface area contributed by atoms with Crippen LogP contribution in [0.3, 0.4) is 0 Å². The Balaban J connectivity index is 1.38. The molecule has 1 unspecified atom stereocenters. The highest BCUT2D eigenvalue weighted by molar-refractivity contribution is 6.33. The monoisotopic (exact) mass is 520 g/mol. The van der Waals surface area contributed by atoms with Gasteiger partial charge in [0.15, 0.2) is 5.82 Å². The number of anilines is 5. The van der Waals surface area contributed by atoms with Crippen LogP contribution in [0.25, 0.3) is 0 Å². The number of benzene rings is 2. The molecule has 3 aromatic rings. The highest BCUT2D eigenvalue weighted by atomic mass is 35.5. The van der Waals surface area contributed by atoms with Gasteiger partial charge in [-0.1, -0.05) is 30.3 Å². The molecule has 0 spiro atoms. The van der Waals surface area contributed by atoms with Crippen LogP contribution in [0, 0.1) is 0 Å². The molecule has 1 aromatic heterocycles. The van der Waals surface area contributed by atoms with Crippen molar-refractivity contribution in [2.45, 2.75) is 24.9 Å². The maximum Gasteiger partial charge on any atom is 0.247 e. The Morgan fingerprint density at radius 3 is 2.81 bits per heavy atom. The van der Waals surface area contributed by atoms with Gasteiger partial charge in [0.25, 0.3) is 0 Å². The molecule has 192 valence electrons. The molecule has 1 saturated heterocycles. The molecule has 2 heterocycles. The van der Waals surface area contributed by atoms with Gasteiger partial charge in [-0.3, -0.25) is 4.79 Å². The van der Waals surface area contributed by atoms with Crippen molar-refractivity contribution >= 4 is 46.3 Å². The Kier molecular flexibility index (Phi) is 7.55. The van der Waals surface area contributed by atoms with Gasteiger partial charge in [-0.05, 0) is 60.2 Å². The van der Waals surface area contributed by atoms with Crippen LogP contribution in [0.4, 0.5) is 28.8 Å². The average molecular weight is 521 g/mol. The number of ether oxygens (including phenoxy) is 2. The van der Waals surface area contributed by atoms with Gasteiger partial charge in [-0.2, -0.15) is 4.98 Å². The number of amides is 1. The quantitative estimate of drug-likeness (QED) is 0.282. The van der Waals surface area contributed by atoms with Crippen LogP contribution in [0.15, 0.2) is 55.3 Å². The third-order valence-electron chi connectivity index (χ3n) is 6.29. The van der Waals surface area contributed by atoms with Crippen molar-refractivity contribution in [3.8, 4) is 5.75 Å². The van der Waals surface area contributed by atoms with Crippen LogP contribution in [0.2, 0.25) is 5.02 Å². The summed E-state index contributed by atoms with van der Waals surface area (Å²) in [6.45, 7) is 5.79. The molecule has 1 atom stereocenters. The Morgan fingerprint density at radius 2 is 2.08 bits per heavy atom. The fourth-order valence-corrected chi connectivity index (χ4v) is 4.38. The maximum absolute atomic E-state index is 11.8. The van der Waals surface area contributed by atoms with Crippen LogP contribution in [-0.4, -0.2) is 42.7 Å². The van der Waals surface area contributed by atoms with Crippen LogP contribution in [-0.2, 0) is 9.53 Å². The molecule has 1 aliphatic carbocycles. The first-order chi connectivity index (χ1) is 18.0. The van der Waals surface area contributed by atoms with E-state index in [1.165, 1.54) is 6.08 Å². The fraction of sp³-hybridized carbons (Fsp3) is 0.296. The number of methoxy groups -OCH3 is 1. The normalized spacial score (nSPS) is 17.1. The summed E-state index contributed by atoms with van der Waals surface area (Å²) in [5, 5.41) is 13.1. The maximum atomic E-state index is 11.8. The lowest BCUT2D eigenvalue weighted by Gasteiger charge is -2.24. The summed E-state index contributed by atoms with van der Waals surface area (Å²) in [5.41, 5.74) is 4.39. The van der Waals surface area contributed by atoms with Crippen molar-refractivity contribution in [2.24, 2.45) is 0 Å². The second-order valence-electron chi connectivity index (χ2n) is 8.93. The minimum atomic E-state index is -0.273. The summed E-state index contributed by atoms with van der Waals surface area (Å²) in [5.74, 6) is 1.66. The number of carbonyl (C=O) groups is 1. The third kappa shape index (κ3) is 6.02. The summed E-state index contributed by atoms with van der Waals surface area (Å²) < 4.78 is 11.5. The zero-order chi connectivity index (χ0) is 25.8. The molecule has 2 fully saturated rings. The second-order valence-corrected chi connectivity index (χ2v) is 9.34. The van der Waals surface area contributed by atoms with Crippen LogP contribution in [0.1, 0.15) is 36.0 Å². The number of carbonyl (C=O) groups excluding carboxylic acids is 1. The van der Waals surface area contributed by atoms with Gasteiger partial charge in [0.05, 0.1) is 31.7 Å². The summed E-state index contributed by atoms with van der Waals surface area (Å²) in [7, 11) is 1.62. The van der Waals surface area contributed by atoms with Gasteiger partial charge in [-0.25, -0.2) is 4.98 Å². The molecule has 2 aromatic carbocycles. The van der Waals surface area contributed by atoms with Gasteiger partial charge < -0.3 is 30.7 Å². The molecule has 1 amide bonds. The SMILES string of the molecule is C=CC(=O)Nc1ccc(C2CC2)c(Nc2ncc(Cl)c(Nc3ccc(C4CNCCO4)cc3OC)n2)c1. The highest BCUT2D eigenvalue weighted by Gasteiger charge is 2.27. The average Bonchev–Trinajstić information content (AvgIpc) is 3.77. The van der Waals surface area contributed by atoms with Crippen molar-refractivity contribution in [3.05, 3.63) is 71.4 Å². The topological polar surface area (TPSA) is 109 Å². The molecule has 5 rings (SSSR count). The first-order valence-corrected chi connectivity index (χ1v) is 12.6. The van der Waals surface area contributed by atoms with Crippen LogP contribution >= 0.6 is 11.6 Å². The molecule has 0 radical (unpaired) electrons. The molecule has 0 bridgehead atoms. The standard InChI is InChI=1S/C27H29ClN6O3/c1-3-25(35)31-18-7-8-19(16-4-5-16)22(13-18)33-27-30-14-20(28)26(34-27)32-21-9-6-17(12-23(21)36-2)24-15-29-10-11-37-24/h3,6-9,12-14,16,24,29H,1,4-5,10-11,15H2,2H3,(H,31,35)(H2,30,32,33,34). The number of aromatic nitrogens is 2. The number of hydrogen-bond acceptors (Lipinski definition) is 8. The molecule has 1 aliphatic heterocycles. The zero-order valence-electron chi connectivity index (χ0n) is 20.5. The Labute approximate surface area is 220 Å². The minimum Gasteiger partial charge on any atom is -0.495 e. The number of rotatable bonds is 9. The van der Waals surface area contributed by atoms with Gasteiger partial charge in [-0.15, -0.1) is 0 Å². The summed E-state index contributed by atoms with van der Waals surface area (Å²) in [6, 6.07) is 11.7. The van der Waals surface area contributed by atoms with Crippen molar-refractivity contribution in [3.63, 3.8) is 0 Å². The lowest BCUT2D eigenvalue weighted by Crippen LogP contribution is -2.33.